The maximum Gasteiger partial charge on any atom is 0.222 e. The number of benzene rings is 1. The van der Waals surface area contributed by atoms with Crippen LogP contribution in [0.1, 0.15) is 19.3 Å². The molecule has 26 heavy (non-hydrogen) atoms. The van der Waals surface area contributed by atoms with E-state index in [0.717, 1.165) is 18.5 Å². The number of carbonyl (C=O) groups is 1. The molecule has 136 valence electrons. The number of aryl methyl sites for hydroxylation is 1. The summed E-state index contributed by atoms with van der Waals surface area (Å²) >= 11 is 0. The summed E-state index contributed by atoms with van der Waals surface area (Å²) in [7, 11) is 0. The van der Waals surface area contributed by atoms with Crippen LogP contribution >= 0.6 is 0 Å². The average Bonchev–Trinajstić information content (AvgIpc) is 3.35. The Balaban J connectivity index is 1.29. The molecule has 2 aromatic heterocycles. The van der Waals surface area contributed by atoms with Crippen LogP contribution in [0.2, 0.25) is 0 Å². The van der Waals surface area contributed by atoms with E-state index in [4.69, 9.17) is 0 Å². The summed E-state index contributed by atoms with van der Waals surface area (Å²) in [5, 5.41) is 18.7. The van der Waals surface area contributed by atoms with Gasteiger partial charge in [0, 0.05) is 43.6 Å². The molecule has 2 N–H and O–H groups in total. The van der Waals surface area contributed by atoms with E-state index in [2.05, 4.69) is 33.2 Å². The molecule has 1 amide bonds. The predicted molar refractivity (Wildman–Crippen MR) is 99.4 cm³/mol. The summed E-state index contributed by atoms with van der Waals surface area (Å²) < 4.78 is 3.99. The van der Waals surface area contributed by atoms with Crippen molar-refractivity contribution in [1.29, 1.82) is 0 Å². The molecular formula is C20H24N4O2. The van der Waals surface area contributed by atoms with Gasteiger partial charge in [-0.3, -0.25) is 9.48 Å². The molecule has 2 heterocycles. The first-order valence-corrected chi connectivity index (χ1v) is 9.18. The van der Waals surface area contributed by atoms with Crippen LogP contribution in [-0.2, 0) is 17.9 Å². The van der Waals surface area contributed by atoms with Crippen LogP contribution in [0.15, 0.2) is 55.0 Å². The molecule has 0 aliphatic heterocycles. The molecule has 4 rings (SSSR count). The van der Waals surface area contributed by atoms with Crippen molar-refractivity contribution in [1.82, 2.24) is 19.7 Å². The van der Waals surface area contributed by atoms with Crippen LogP contribution in [0.3, 0.4) is 0 Å². The lowest BCUT2D eigenvalue weighted by atomic mass is 10.1. The third-order valence-corrected chi connectivity index (χ3v) is 5.24. The molecule has 1 aromatic carbocycles. The van der Waals surface area contributed by atoms with E-state index in [1.54, 1.807) is 6.20 Å². The van der Waals surface area contributed by atoms with Gasteiger partial charge in [0.1, 0.15) is 0 Å². The fourth-order valence-electron chi connectivity index (χ4n) is 3.93. The fourth-order valence-corrected chi connectivity index (χ4v) is 3.93. The molecule has 0 saturated heterocycles. The molecule has 1 fully saturated rings. The second-order valence-corrected chi connectivity index (χ2v) is 7.12. The number of hydrogen-bond donors (Lipinski definition) is 2. The van der Waals surface area contributed by atoms with Crippen molar-refractivity contribution in [2.24, 2.45) is 5.92 Å². The van der Waals surface area contributed by atoms with Crippen LogP contribution in [0.25, 0.3) is 10.9 Å². The highest BCUT2D eigenvalue weighted by Crippen LogP contribution is 2.27. The van der Waals surface area contributed by atoms with Gasteiger partial charge < -0.3 is 15.0 Å². The largest absolute Gasteiger partial charge is 0.391 e. The third-order valence-electron chi connectivity index (χ3n) is 5.24. The van der Waals surface area contributed by atoms with E-state index in [0.29, 0.717) is 25.3 Å². The number of aliphatic hydroxyl groups is 1. The van der Waals surface area contributed by atoms with Gasteiger partial charge in [-0.2, -0.15) is 5.10 Å². The Morgan fingerprint density at radius 2 is 2.08 bits per heavy atom. The van der Waals surface area contributed by atoms with Crippen molar-refractivity contribution >= 4 is 16.8 Å². The number of aliphatic hydroxyl groups excluding tert-OH is 1. The van der Waals surface area contributed by atoms with Crippen LogP contribution in [-0.4, -0.2) is 37.5 Å². The van der Waals surface area contributed by atoms with E-state index in [-0.39, 0.29) is 11.9 Å². The predicted octanol–water partition coefficient (Wildman–Crippen LogP) is 2.18. The number of rotatable bonds is 6. The number of hydrogen-bond acceptors (Lipinski definition) is 3. The average molecular weight is 352 g/mol. The smallest absolute Gasteiger partial charge is 0.222 e. The van der Waals surface area contributed by atoms with Crippen molar-refractivity contribution in [2.45, 2.75) is 44.5 Å². The first-order valence-electron chi connectivity index (χ1n) is 9.18. The maximum absolute atomic E-state index is 12.3. The SMILES string of the molecule is O=C(CCn1ccc2ccccc21)N[C@@H]1CC(Cn2cccn2)C[C@H]1O. The first kappa shape index (κ1) is 16.8. The van der Waals surface area contributed by atoms with E-state index >= 15 is 0 Å². The quantitative estimate of drug-likeness (QED) is 0.714. The Bertz CT molecular complexity index is 871. The minimum Gasteiger partial charge on any atom is -0.391 e. The summed E-state index contributed by atoms with van der Waals surface area (Å²) in [6.07, 6.45) is 7.13. The number of nitrogens with one attached hydrogen (secondary N) is 1. The second-order valence-electron chi connectivity index (χ2n) is 7.12. The van der Waals surface area contributed by atoms with Gasteiger partial charge in [-0.1, -0.05) is 18.2 Å². The molecular weight excluding hydrogens is 328 g/mol. The van der Waals surface area contributed by atoms with E-state index in [1.165, 1.54) is 5.39 Å². The number of amides is 1. The van der Waals surface area contributed by atoms with Crippen molar-refractivity contribution in [3.8, 4) is 0 Å². The lowest BCUT2D eigenvalue weighted by Crippen LogP contribution is -2.40. The molecule has 6 heteroatoms. The summed E-state index contributed by atoms with van der Waals surface area (Å²) in [5.74, 6) is 0.329. The minimum absolute atomic E-state index is 0.00781. The molecule has 1 aliphatic rings. The van der Waals surface area contributed by atoms with Crippen LogP contribution in [0.4, 0.5) is 0 Å². The van der Waals surface area contributed by atoms with Crippen LogP contribution in [0.5, 0.6) is 0 Å². The summed E-state index contributed by atoms with van der Waals surface area (Å²) in [6, 6.07) is 12.0. The zero-order valence-electron chi connectivity index (χ0n) is 14.7. The lowest BCUT2D eigenvalue weighted by molar-refractivity contribution is -0.122. The Kier molecular flexibility index (Phi) is 4.75. The molecule has 0 bridgehead atoms. The number of aromatic nitrogens is 3. The van der Waals surface area contributed by atoms with Gasteiger partial charge in [-0.25, -0.2) is 0 Å². The van der Waals surface area contributed by atoms with E-state index < -0.39 is 6.10 Å². The number of carbonyl (C=O) groups excluding carboxylic acids is 1. The van der Waals surface area contributed by atoms with Gasteiger partial charge >= 0.3 is 0 Å². The normalized spacial score (nSPS) is 22.7. The highest BCUT2D eigenvalue weighted by molar-refractivity contribution is 5.80. The lowest BCUT2D eigenvalue weighted by Gasteiger charge is -2.16. The molecule has 6 nitrogen and oxygen atoms in total. The minimum atomic E-state index is -0.480. The van der Waals surface area contributed by atoms with Gasteiger partial charge in [0.15, 0.2) is 0 Å². The molecule has 3 atom stereocenters. The zero-order valence-corrected chi connectivity index (χ0v) is 14.7. The van der Waals surface area contributed by atoms with Crippen LogP contribution in [0, 0.1) is 5.92 Å². The molecule has 3 aromatic rings. The van der Waals surface area contributed by atoms with Crippen molar-refractivity contribution in [2.75, 3.05) is 0 Å². The van der Waals surface area contributed by atoms with Gasteiger partial charge in [-0.05, 0) is 42.3 Å². The van der Waals surface area contributed by atoms with Gasteiger partial charge in [0.05, 0.1) is 12.1 Å². The molecule has 1 unspecified atom stereocenters. The Morgan fingerprint density at radius 1 is 1.19 bits per heavy atom. The fraction of sp³-hybridized carbons (Fsp3) is 0.400. The molecule has 0 spiro atoms. The Morgan fingerprint density at radius 3 is 2.92 bits per heavy atom. The van der Waals surface area contributed by atoms with Crippen molar-refractivity contribution in [3.63, 3.8) is 0 Å². The van der Waals surface area contributed by atoms with E-state index in [1.807, 2.05) is 35.3 Å². The highest BCUT2D eigenvalue weighted by Gasteiger charge is 2.34. The van der Waals surface area contributed by atoms with Crippen molar-refractivity contribution < 1.29 is 9.90 Å². The van der Waals surface area contributed by atoms with Gasteiger partial charge in [0.25, 0.3) is 0 Å². The monoisotopic (exact) mass is 352 g/mol. The zero-order chi connectivity index (χ0) is 17.9. The molecule has 0 radical (unpaired) electrons. The summed E-state index contributed by atoms with van der Waals surface area (Å²) in [4.78, 5) is 12.3. The number of para-hydroxylation sites is 1. The molecule has 1 saturated carbocycles. The van der Waals surface area contributed by atoms with Gasteiger partial charge in [-0.15, -0.1) is 0 Å². The highest BCUT2D eigenvalue weighted by atomic mass is 16.3. The van der Waals surface area contributed by atoms with Crippen molar-refractivity contribution in [3.05, 3.63) is 55.0 Å². The number of fused-ring (bicyclic) bond motifs is 1. The molecule has 1 aliphatic carbocycles. The topological polar surface area (TPSA) is 72.1 Å². The maximum atomic E-state index is 12.3. The summed E-state index contributed by atoms with van der Waals surface area (Å²) in [6.45, 7) is 1.42. The Labute approximate surface area is 152 Å². The number of nitrogens with zero attached hydrogens (tertiary/aromatic N) is 3. The standard InChI is InChI=1S/C20H24N4O2/c25-19-13-15(14-24-9-3-8-21-24)12-17(19)22-20(26)7-11-23-10-6-16-4-1-2-5-18(16)23/h1-6,8-10,15,17,19,25H,7,11-14H2,(H,22,26)/t15?,17-,19-/m1/s1. The third kappa shape index (κ3) is 3.65. The summed E-state index contributed by atoms with van der Waals surface area (Å²) in [5.41, 5.74) is 1.14. The van der Waals surface area contributed by atoms with Crippen LogP contribution < -0.4 is 5.32 Å². The first-order chi connectivity index (χ1) is 12.7. The second kappa shape index (κ2) is 7.33. The van der Waals surface area contributed by atoms with E-state index in [9.17, 15) is 9.90 Å². The van der Waals surface area contributed by atoms with Gasteiger partial charge in [0.2, 0.25) is 5.91 Å². The Hall–Kier alpha value is -2.60.